The maximum absolute atomic E-state index is 9.23. The van der Waals surface area contributed by atoms with Gasteiger partial charge in [-0.2, -0.15) is 0 Å². The monoisotopic (exact) mass is 235 g/mol. The molecule has 2 atom stereocenters. The summed E-state index contributed by atoms with van der Waals surface area (Å²) in [7, 11) is 0. The molecule has 0 amide bonds. The van der Waals surface area contributed by atoms with Gasteiger partial charge in [0, 0.05) is 19.2 Å². The second-order valence-corrected chi connectivity index (χ2v) is 4.71. The predicted molar refractivity (Wildman–Crippen MR) is 68.1 cm³/mol. The largest absolute Gasteiger partial charge is 0.508 e. The highest BCUT2D eigenvalue weighted by Crippen LogP contribution is 2.17. The highest BCUT2D eigenvalue weighted by atomic mass is 16.5. The normalized spacial score (nSPS) is 22.3. The number of benzene rings is 1. The lowest BCUT2D eigenvalue weighted by Gasteiger charge is -2.24. The zero-order valence-electron chi connectivity index (χ0n) is 10.4. The molecule has 1 heterocycles. The van der Waals surface area contributed by atoms with Gasteiger partial charge in [-0.25, -0.2) is 0 Å². The van der Waals surface area contributed by atoms with Crippen molar-refractivity contribution in [2.75, 3.05) is 13.2 Å². The van der Waals surface area contributed by atoms with Crippen LogP contribution in [0.2, 0.25) is 0 Å². The molecule has 0 aliphatic carbocycles. The Morgan fingerprint density at radius 2 is 2.12 bits per heavy atom. The first-order valence-corrected chi connectivity index (χ1v) is 6.39. The van der Waals surface area contributed by atoms with Gasteiger partial charge in [-0.05, 0) is 43.9 Å². The number of hydrogen-bond donors (Lipinski definition) is 2. The molecule has 0 saturated carbocycles. The summed E-state index contributed by atoms with van der Waals surface area (Å²) < 4.78 is 5.68. The van der Waals surface area contributed by atoms with Crippen molar-refractivity contribution in [3.05, 3.63) is 29.8 Å². The van der Waals surface area contributed by atoms with Crippen LogP contribution >= 0.6 is 0 Å². The van der Waals surface area contributed by atoms with Crippen LogP contribution in [0, 0.1) is 0 Å². The summed E-state index contributed by atoms with van der Waals surface area (Å²) in [5.74, 6) is 0.316. The van der Waals surface area contributed by atoms with E-state index in [1.165, 1.54) is 18.4 Å². The molecule has 2 unspecified atom stereocenters. The molecule has 1 aromatic rings. The number of rotatable bonds is 4. The van der Waals surface area contributed by atoms with E-state index < -0.39 is 0 Å². The van der Waals surface area contributed by atoms with Crippen molar-refractivity contribution in [3.8, 4) is 5.75 Å². The fourth-order valence-electron chi connectivity index (χ4n) is 2.16. The molecule has 1 aliphatic heterocycles. The molecule has 3 heteroatoms. The molecule has 0 spiro atoms. The molecule has 2 N–H and O–H groups in total. The lowest BCUT2D eigenvalue weighted by molar-refractivity contribution is 0.0156. The van der Waals surface area contributed by atoms with Crippen LogP contribution in [0.4, 0.5) is 0 Å². The molecule has 1 aliphatic rings. The third-order valence-corrected chi connectivity index (χ3v) is 3.32. The molecular formula is C14H21NO2. The summed E-state index contributed by atoms with van der Waals surface area (Å²) in [6, 6.07) is 7.65. The fraction of sp³-hybridized carbons (Fsp3) is 0.571. The molecule has 0 bridgehead atoms. The van der Waals surface area contributed by atoms with Gasteiger partial charge < -0.3 is 15.2 Å². The number of phenolic OH excluding ortho intramolecular Hbond substituents is 1. The van der Waals surface area contributed by atoms with Gasteiger partial charge in [0.15, 0.2) is 0 Å². The number of hydrogen-bond acceptors (Lipinski definition) is 3. The maximum atomic E-state index is 9.23. The van der Waals surface area contributed by atoms with Gasteiger partial charge in [0.05, 0.1) is 6.10 Å². The highest BCUT2D eigenvalue weighted by molar-refractivity contribution is 5.27. The SMILES string of the molecule is CC(NCC1CCCCO1)c1ccc(O)cc1. The molecule has 1 fully saturated rings. The third-order valence-electron chi connectivity index (χ3n) is 3.32. The van der Waals surface area contributed by atoms with E-state index >= 15 is 0 Å². The number of aromatic hydroxyl groups is 1. The van der Waals surface area contributed by atoms with Gasteiger partial charge >= 0.3 is 0 Å². The Hall–Kier alpha value is -1.06. The first kappa shape index (κ1) is 12.4. The van der Waals surface area contributed by atoms with Crippen molar-refractivity contribution >= 4 is 0 Å². The number of nitrogens with one attached hydrogen (secondary N) is 1. The minimum Gasteiger partial charge on any atom is -0.508 e. The Kier molecular flexibility index (Phi) is 4.40. The van der Waals surface area contributed by atoms with Gasteiger partial charge in [-0.15, -0.1) is 0 Å². The minimum atomic E-state index is 0.293. The molecule has 0 aromatic heterocycles. The maximum Gasteiger partial charge on any atom is 0.115 e. The highest BCUT2D eigenvalue weighted by Gasteiger charge is 2.14. The average molecular weight is 235 g/mol. The quantitative estimate of drug-likeness (QED) is 0.843. The van der Waals surface area contributed by atoms with E-state index in [2.05, 4.69) is 12.2 Å². The second-order valence-electron chi connectivity index (χ2n) is 4.71. The summed E-state index contributed by atoms with van der Waals surface area (Å²) in [4.78, 5) is 0. The predicted octanol–water partition coefficient (Wildman–Crippen LogP) is 2.61. The molecule has 17 heavy (non-hydrogen) atoms. The van der Waals surface area contributed by atoms with Gasteiger partial charge in [0.2, 0.25) is 0 Å². The van der Waals surface area contributed by atoms with Crippen LogP contribution in [0.1, 0.15) is 37.8 Å². The topological polar surface area (TPSA) is 41.5 Å². The van der Waals surface area contributed by atoms with Crippen LogP contribution < -0.4 is 5.32 Å². The van der Waals surface area contributed by atoms with Crippen LogP contribution in [-0.4, -0.2) is 24.4 Å². The number of phenols is 1. The van der Waals surface area contributed by atoms with Crippen LogP contribution in [-0.2, 0) is 4.74 Å². The molecule has 0 radical (unpaired) electrons. The van der Waals surface area contributed by atoms with Gasteiger partial charge in [-0.3, -0.25) is 0 Å². The van der Waals surface area contributed by atoms with Crippen LogP contribution in [0.3, 0.4) is 0 Å². The van der Waals surface area contributed by atoms with Gasteiger partial charge in [-0.1, -0.05) is 12.1 Å². The molecule has 1 aromatic carbocycles. The smallest absolute Gasteiger partial charge is 0.115 e. The third kappa shape index (κ3) is 3.72. The van der Waals surface area contributed by atoms with Crippen LogP contribution in [0.15, 0.2) is 24.3 Å². The van der Waals surface area contributed by atoms with Crippen molar-refractivity contribution in [3.63, 3.8) is 0 Å². The molecule has 2 rings (SSSR count). The minimum absolute atomic E-state index is 0.293. The van der Waals surface area contributed by atoms with Crippen LogP contribution in [0.25, 0.3) is 0 Å². The van der Waals surface area contributed by atoms with Gasteiger partial charge in [0.25, 0.3) is 0 Å². The van der Waals surface area contributed by atoms with E-state index in [0.29, 0.717) is 17.9 Å². The van der Waals surface area contributed by atoms with E-state index in [-0.39, 0.29) is 0 Å². The summed E-state index contributed by atoms with van der Waals surface area (Å²) in [5, 5.41) is 12.7. The van der Waals surface area contributed by atoms with E-state index in [0.717, 1.165) is 19.6 Å². The zero-order chi connectivity index (χ0) is 12.1. The van der Waals surface area contributed by atoms with Crippen molar-refractivity contribution in [1.82, 2.24) is 5.32 Å². The zero-order valence-corrected chi connectivity index (χ0v) is 10.4. The molecule has 1 saturated heterocycles. The molecule has 3 nitrogen and oxygen atoms in total. The summed E-state index contributed by atoms with van der Waals surface area (Å²) in [6.45, 7) is 3.94. The molecular weight excluding hydrogens is 214 g/mol. The molecule has 94 valence electrons. The van der Waals surface area contributed by atoms with Crippen molar-refractivity contribution in [2.24, 2.45) is 0 Å². The Morgan fingerprint density at radius 3 is 2.76 bits per heavy atom. The van der Waals surface area contributed by atoms with Crippen molar-refractivity contribution in [2.45, 2.75) is 38.3 Å². The number of ether oxygens (including phenoxy) is 1. The average Bonchev–Trinajstić information content (AvgIpc) is 2.38. The first-order chi connectivity index (χ1) is 8.25. The Labute approximate surface area is 103 Å². The van der Waals surface area contributed by atoms with Crippen molar-refractivity contribution in [1.29, 1.82) is 0 Å². The standard InChI is InChI=1S/C14H21NO2/c1-11(12-5-7-13(16)8-6-12)15-10-14-4-2-3-9-17-14/h5-8,11,14-16H,2-4,9-10H2,1H3. The second kappa shape index (κ2) is 6.03. The van der Waals surface area contributed by atoms with Crippen molar-refractivity contribution < 1.29 is 9.84 Å². The summed E-state index contributed by atoms with van der Waals surface area (Å²) in [6.07, 6.45) is 4.00. The van der Waals surface area contributed by atoms with E-state index in [4.69, 9.17) is 4.74 Å². The lowest BCUT2D eigenvalue weighted by atomic mass is 10.1. The van der Waals surface area contributed by atoms with Gasteiger partial charge in [0.1, 0.15) is 5.75 Å². The van der Waals surface area contributed by atoms with E-state index in [1.807, 2.05) is 12.1 Å². The van der Waals surface area contributed by atoms with Crippen LogP contribution in [0.5, 0.6) is 5.75 Å². The fourth-order valence-corrected chi connectivity index (χ4v) is 2.16. The Morgan fingerprint density at radius 1 is 1.35 bits per heavy atom. The lowest BCUT2D eigenvalue weighted by Crippen LogP contribution is -2.33. The Balaban J connectivity index is 1.80. The van der Waals surface area contributed by atoms with E-state index in [1.54, 1.807) is 12.1 Å². The summed E-state index contributed by atoms with van der Waals surface area (Å²) in [5.41, 5.74) is 1.19. The summed E-state index contributed by atoms with van der Waals surface area (Å²) >= 11 is 0. The first-order valence-electron chi connectivity index (χ1n) is 6.39. The van der Waals surface area contributed by atoms with E-state index in [9.17, 15) is 5.11 Å². The Bertz CT molecular complexity index is 331.